The molecular weight excluding hydrogens is 410 g/mol. The summed E-state index contributed by atoms with van der Waals surface area (Å²) in [5.41, 5.74) is 1.69. The molecule has 0 spiro atoms. The molecule has 8 heteroatoms. The van der Waals surface area contributed by atoms with Gasteiger partial charge in [-0.25, -0.2) is 9.78 Å². The van der Waals surface area contributed by atoms with Gasteiger partial charge in [-0.3, -0.25) is 4.79 Å². The Labute approximate surface area is 186 Å². The molecule has 1 aliphatic heterocycles. The van der Waals surface area contributed by atoms with Gasteiger partial charge in [0, 0.05) is 37.8 Å². The van der Waals surface area contributed by atoms with E-state index in [-0.39, 0.29) is 11.9 Å². The Bertz CT molecular complexity index is 1120. The van der Waals surface area contributed by atoms with E-state index in [4.69, 9.17) is 13.9 Å². The third kappa shape index (κ3) is 4.26. The smallest absolute Gasteiger partial charge is 0.339 e. The number of pyridine rings is 1. The van der Waals surface area contributed by atoms with Gasteiger partial charge in [-0.1, -0.05) is 0 Å². The van der Waals surface area contributed by atoms with E-state index in [9.17, 15) is 9.59 Å². The first-order chi connectivity index (χ1) is 15.5. The first-order valence-corrected chi connectivity index (χ1v) is 10.8. The number of fused-ring (bicyclic) bond motifs is 1. The molecule has 1 aromatic carbocycles. The fraction of sp³-hybridized carbons (Fsp3) is 0.375. The van der Waals surface area contributed by atoms with E-state index >= 15 is 0 Å². The average molecular weight is 437 g/mol. The van der Waals surface area contributed by atoms with E-state index in [1.165, 1.54) is 6.20 Å². The van der Waals surface area contributed by atoms with Crippen molar-refractivity contribution in [3.05, 3.63) is 53.4 Å². The summed E-state index contributed by atoms with van der Waals surface area (Å²) < 4.78 is 16.2. The lowest BCUT2D eigenvalue weighted by molar-refractivity contribution is 0.0525. The zero-order chi connectivity index (χ0) is 22.7. The van der Waals surface area contributed by atoms with Gasteiger partial charge in [-0.15, -0.1) is 0 Å². The number of methoxy groups -OCH3 is 1. The summed E-state index contributed by atoms with van der Waals surface area (Å²) in [6, 6.07) is 9.04. The van der Waals surface area contributed by atoms with E-state index < -0.39 is 0 Å². The average Bonchev–Trinajstić information content (AvgIpc) is 2.97. The van der Waals surface area contributed by atoms with Crippen LogP contribution in [0.2, 0.25) is 0 Å². The molecule has 0 saturated carbocycles. The van der Waals surface area contributed by atoms with Crippen molar-refractivity contribution in [2.24, 2.45) is 0 Å². The monoisotopic (exact) mass is 437 g/mol. The number of aryl methyl sites for hydroxylation is 1. The van der Waals surface area contributed by atoms with Crippen LogP contribution in [0.25, 0.3) is 11.0 Å². The van der Waals surface area contributed by atoms with Gasteiger partial charge >= 0.3 is 5.97 Å². The zero-order valence-corrected chi connectivity index (χ0v) is 18.6. The Morgan fingerprint density at radius 2 is 1.97 bits per heavy atom. The third-order valence-corrected chi connectivity index (χ3v) is 5.65. The summed E-state index contributed by atoms with van der Waals surface area (Å²) >= 11 is 0. The molecule has 3 aromatic rings. The van der Waals surface area contributed by atoms with Crippen LogP contribution in [0.5, 0.6) is 5.75 Å². The topological polar surface area (TPSA) is 85.1 Å². The Hall–Kier alpha value is -3.55. The zero-order valence-electron chi connectivity index (χ0n) is 18.6. The number of aromatic nitrogens is 1. The van der Waals surface area contributed by atoms with Crippen LogP contribution >= 0.6 is 0 Å². The van der Waals surface area contributed by atoms with E-state index in [1.807, 2.05) is 36.1 Å². The molecule has 168 valence electrons. The van der Waals surface area contributed by atoms with Crippen molar-refractivity contribution < 1.29 is 23.5 Å². The number of hydrogen-bond donors (Lipinski definition) is 0. The van der Waals surface area contributed by atoms with Crippen LogP contribution in [0, 0.1) is 6.92 Å². The number of furan rings is 1. The highest BCUT2D eigenvalue weighted by Crippen LogP contribution is 2.30. The molecule has 8 nitrogen and oxygen atoms in total. The maximum atomic E-state index is 13.4. The molecule has 0 bridgehead atoms. The number of ether oxygens (including phenoxy) is 2. The van der Waals surface area contributed by atoms with Crippen molar-refractivity contribution >= 4 is 28.7 Å². The standard InChI is InChI=1S/C24H27N3O5/c1-4-31-24(29)17-6-9-21(25-15-17)26-10-5-11-27(13-12-26)23(28)22-16(2)32-20-8-7-18(30-3)14-19(20)22/h6-9,14-15H,4-5,10-13H2,1-3H3. The molecule has 0 aliphatic carbocycles. The lowest BCUT2D eigenvalue weighted by atomic mass is 10.1. The summed E-state index contributed by atoms with van der Waals surface area (Å²) in [6.45, 7) is 6.55. The molecule has 1 fully saturated rings. The first kappa shape index (κ1) is 21.7. The van der Waals surface area contributed by atoms with Crippen LogP contribution in [0.3, 0.4) is 0 Å². The molecular formula is C24H27N3O5. The van der Waals surface area contributed by atoms with Crippen LogP contribution in [-0.4, -0.2) is 61.7 Å². The molecule has 1 saturated heterocycles. The predicted molar refractivity (Wildman–Crippen MR) is 120 cm³/mol. The van der Waals surface area contributed by atoms with Gasteiger partial charge < -0.3 is 23.7 Å². The maximum absolute atomic E-state index is 13.4. The fourth-order valence-electron chi connectivity index (χ4n) is 4.01. The minimum absolute atomic E-state index is 0.0398. The lowest BCUT2D eigenvalue weighted by Gasteiger charge is -2.23. The molecule has 0 radical (unpaired) electrons. The molecule has 2 aromatic heterocycles. The summed E-state index contributed by atoms with van der Waals surface area (Å²) in [7, 11) is 1.60. The SMILES string of the molecule is CCOC(=O)c1ccc(N2CCCN(C(=O)c3c(C)oc4ccc(OC)cc34)CC2)nc1. The molecule has 32 heavy (non-hydrogen) atoms. The van der Waals surface area contributed by atoms with Gasteiger partial charge in [-0.2, -0.15) is 0 Å². The highest BCUT2D eigenvalue weighted by Gasteiger charge is 2.26. The van der Waals surface area contributed by atoms with Crippen LogP contribution in [0.4, 0.5) is 5.82 Å². The van der Waals surface area contributed by atoms with Crippen LogP contribution in [-0.2, 0) is 4.74 Å². The van der Waals surface area contributed by atoms with Gasteiger partial charge in [0.25, 0.3) is 5.91 Å². The largest absolute Gasteiger partial charge is 0.497 e. The molecule has 1 aliphatic rings. The number of anilines is 1. The van der Waals surface area contributed by atoms with Crippen LogP contribution in [0.1, 0.15) is 39.8 Å². The number of esters is 1. The fourth-order valence-corrected chi connectivity index (χ4v) is 4.01. The van der Waals surface area contributed by atoms with Gasteiger partial charge in [0.05, 0.1) is 24.8 Å². The van der Waals surface area contributed by atoms with E-state index in [2.05, 4.69) is 9.88 Å². The van der Waals surface area contributed by atoms with Crippen molar-refractivity contribution in [2.75, 3.05) is 44.8 Å². The molecule has 0 atom stereocenters. The number of benzene rings is 1. The van der Waals surface area contributed by atoms with Gasteiger partial charge in [0.2, 0.25) is 0 Å². The summed E-state index contributed by atoms with van der Waals surface area (Å²) in [5.74, 6) is 1.66. The number of hydrogen-bond acceptors (Lipinski definition) is 7. The number of carbonyl (C=O) groups is 2. The summed E-state index contributed by atoms with van der Waals surface area (Å²) in [6.07, 6.45) is 2.35. The van der Waals surface area contributed by atoms with Crippen molar-refractivity contribution in [1.29, 1.82) is 0 Å². The van der Waals surface area contributed by atoms with Crippen LogP contribution < -0.4 is 9.64 Å². The normalized spacial score (nSPS) is 14.3. The van der Waals surface area contributed by atoms with Crippen LogP contribution in [0.15, 0.2) is 40.9 Å². The maximum Gasteiger partial charge on any atom is 0.339 e. The van der Waals surface area contributed by atoms with Crippen molar-refractivity contribution in [3.63, 3.8) is 0 Å². The first-order valence-electron chi connectivity index (χ1n) is 10.8. The second-order valence-electron chi connectivity index (χ2n) is 7.65. The number of nitrogens with zero attached hydrogens (tertiary/aromatic N) is 3. The minimum atomic E-state index is -0.376. The Morgan fingerprint density at radius 1 is 1.12 bits per heavy atom. The van der Waals surface area contributed by atoms with Crippen molar-refractivity contribution in [1.82, 2.24) is 9.88 Å². The van der Waals surface area contributed by atoms with E-state index in [0.717, 1.165) is 24.2 Å². The van der Waals surface area contributed by atoms with E-state index in [0.29, 0.717) is 54.5 Å². The Balaban J connectivity index is 1.49. The summed E-state index contributed by atoms with van der Waals surface area (Å²) in [5, 5.41) is 0.768. The highest BCUT2D eigenvalue weighted by molar-refractivity contribution is 6.07. The number of carbonyl (C=O) groups excluding carboxylic acids is 2. The summed E-state index contributed by atoms with van der Waals surface area (Å²) in [4.78, 5) is 33.7. The van der Waals surface area contributed by atoms with E-state index in [1.54, 1.807) is 20.1 Å². The van der Waals surface area contributed by atoms with Crippen molar-refractivity contribution in [2.45, 2.75) is 20.3 Å². The molecule has 1 amide bonds. The number of rotatable bonds is 5. The minimum Gasteiger partial charge on any atom is -0.497 e. The quantitative estimate of drug-likeness (QED) is 0.563. The number of amides is 1. The third-order valence-electron chi connectivity index (χ3n) is 5.65. The predicted octanol–water partition coefficient (Wildman–Crippen LogP) is 3.67. The van der Waals surface area contributed by atoms with Gasteiger partial charge in [0.1, 0.15) is 22.9 Å². The highest BCUT2D eigenvalue weighted by atomic mass is 16.5. The van der Waals surface area contributed by atoms with Gasteiger partial charge in [0.15, 0.2) is 0 Å². The molecule has 0 N–H and O–H groups in total. The Morgan fingerprint density at radius 3 is 2.69 bits per heavy atom. The second kappa shape index (κ2) is 9.30. The molecule has 0 unspecified atom stereocenters. The Kier molecular flexibility index (Phi) is 6.30. The lowest BCUT2D eigenvalue weighted by Crippen LogP contribution is -2.35. The molecule has 4 rings (SSSR count). The van der Waals surface area contributed by atoms with Gasteiger partial charge in [-0.05, 0) is 50.6 Å². The second-order valence-corrected chi connectivity index (χ2v) is 7.65. The van der Waals surface area contributed by atoms with Crippen molar-refractivity contribution in [3.8, 4) is 5.75 Å². The molecule has 3 heterocycles.